The van der Waals surface area contributed by atoms with Crippen molar-refractivity contribution in [1.82, 2.24) is 0 Å². The van der Waals surface area contributed by atoms with Crippen molar-refractivity contribution in [3.8, 4) is 0 Å². The van der Waals surface area contributed by atoms with E-state index < -0.39 is 41.9 Å². The van der Waals surface area contributed by atoms with Crippen LogP contribution in [-0.2, 0) is 15.1 Å². The van der Waals surface area contributed by atoms with Crippen LogP contribution in [0.3, 0.4) is 0 Å². The number of nitrogens with zero attached hydrogens (tertiary/aromatic N) is 1. The second-order valence-electron chi connectivity index (χ2n) is 6.09. The Morgan fingerprint density at radius 2 is 1.40 bits per heavy atom. The molecule has 0 radical (unpaired) electrons. The molecule has 1 N–H and O–H groups in total. The molecule has 5 nitrogen and oxygen atoms in total. The summed E-state index contributed by atoms with van der Waals surface area (Å²) < 4.78 is 82.4. The highest BCUT2D eigenvalue weighted by atomic mass is 19.4. The topological polar surface area (TPSA) is 66.8 Å². The molecule has 0 saturated heterocycles. The van der Waals surface area contributed by atoms with Crippen molar-refractivity contribution >= 4 is 17.6 Å². The number of ether oxygens (including phenoxy) is 1. The van der Waals surface area contributed by atoms with Crippen LogP contribution < -0.4 is 4.90 Å². The van der Waals surface area contributed by atoms with Gasteiger partial charge in [0.2, 0.25) is 0 Å². The van der Waals surface area contributed by atoms with E-state index in [0.29, 0.717) is 24.3 Å². The number of rotatable bonds is 5. The normalized spacial score (nSPS) is 12.4. The first kappa shape index (κ1) is 23.2. The van der Waals surface area contributed by atoms with Gasteiger partial charge in [-0.25, -0.2) is 0 Å². The molecule has 0 fully saturated rings. The Kier molecular flexibility index (Phi) is 6.45. The van der Waals surface area contributed by atoms with Crippen LogP contribution in [0.25, 0.3) is 0 Å². The molecule has 2 aromatic carbocycles. The molecule has 2 rings (SSSR count). The van der Waals surface area contributed by atoms with Gasteiger partial charge in [-0.2, -0.15) is 26.3 Å². The molecule has 0 aromatic heterocycles. The summed E-state index contributed by atoms with van der Waals surface area (Å²) in [4.78, 5) is 25.3. The summed E-state index contributed by atoms with van der Waals surface area (Å²) >= 11 is 0. The highest BCUT2D eigenvalue weighted by molar-refractivity contribution is 6.08. The summed E-state index contributed by atoms with van der Waals surface area (Å²) in [7, 11) is 1.08. The molecular formula is C19H15F6NO4. The number of aliphatic hydroxyl groups is 1. The standard InChI is InChI=1S/C19H15F6NO4/c1-30-15(27)11-26(14-5-3-2-4-6-14)16(28)12-7-9-13(10-8-12)17(29,18(20,21)22)19(23,24)25/h2-10,29H,11H2,1H3. The molecule has 0 heterocycles. The Morgan fingerprint density at radius 3 is 1.83 bits per heavy atom. The first-order valence-electron chi connectivity index (χ1n) is 8.23. The first-order valence-corrected chi connectivity index (χ1v) is 8.23. The number of anilines is 1. The number of halogens is 6. The second-order valence-corrected chi connectivity index (χ2v) is 6.09. The molecule has 0 saturated carbocycles. The van der Waals surface area contributed by atoms with Crippen LogP contribution in [0.2, 0.25) is 0 Å². The van der Waals surface area contributed by atoms with E-state index in [1.807, 2.05) is 0 Å². The molecule has 0 spiro atoms. The molecule has 1 amide bonds. The third-order valence-corrected chi connectivity index (χ3v) is 4.20. The van der Waals surface area contributed by atoms with Gasteiger partial charge < -0.3 is 9.84 Å². The van der Waals surface area contributed by atoms with Gasteiger partial charge in [-0.1, -0.05) is 30.3 Å². The van der Waals surface area contributed by atoms with E-state index in [1.54, 1.807) is 18.2 Å². The van der Waals surface area contributed by atoms with Gasteiger partial charge >= 0.3 is 18.3 Å². The van der Waals surface area contributed by atoms with Crippen molar-refractivity contribution in [2.75, 3.05) is 18.6 Å². The molecule has 0 atom stereocenters. The van der Waals surface area contributed by atoms with Crippen LogP contribution >= 0.6 is 0 Å². The SMILES string of the molecule is COC(=O)CN(C(=O)c1ccc(C(O)(C(F)(F)F)C(F)(F)F)cc1)c1ccccc1. The molecule has 162 valence electrons. The maximum atomic E-state index is 13.0. The van der Waals surface area contributed by atoms with Crippen molar-refractivity contribution in [1.29, 1.82) is 0 Å². The lowest BCUT2D eigenvalue weighted by atomic mass is 9.91. The van der Waals surface area contributed by atoms with E-state index in [9.17, 15) is 41.0 Å². The predicted molar refractivity (Wildman–Crippen MR) is 92.6 cm³/mol. The van der Waals surface area contributed by atoms with E-state index in [0.717, 1.165) is 12.0 Å². The Bertz CT molecular complexity index is 880. The lowest BCUT2D eigenvalue weighted by molar-refractivity contribution is -0.376. The summed E-state index contributed by atoms with van der Waals surface area (Å²) in [6.45, 7) is -0.545. The van der Waals surface area contributed by atoms with E-state index >= 15 is 0 Å². The highest BCUT2D eigenvalue weighted by Crippen LogP contribution is 2.49. The average molecular weight is 435 g/mol. The van der Waals surface area contributed by atoms with Gasteiger partial charge in [-0.3, -0.25) is 14.5 Å². The summed E-state index contributed by atoms with van der Waals surface area (Å²) in [5, 5.41) is 9.42. The van der Waals surface area contributed by atoms with E-state index in [2.05, 4.69) is 4.74 Å². The molecular weight excluding hydrogens is 420 g/mol. The minimum atomic E-state index is -6.04. The summed E-state index contributed by atoms with van der Waals surface area (Å²) in [6, 6.07) is 9.81. The quantitative estimate of drug-likeness (QED) is 0.573. The molecule has 11 heteroatoms. The van der Waals surface area contributed by atoms with Crippen LogP contribution in [-0.4, -0.2) is 43.0 Å². The number of para-hydroxylation sites is 1. The second kappa shape index (κ2) is 8.34. The molecule has 0 aliphatic carbocycles. The highest BCUT2D eigenvalue weighted by Gasteiger charge is 2.71. The van der Waals surface area contributed by atoms with E-state index in [4.69, 9.17) is 0 Å². The van der Waals surface area contributed by atoms with Crippen molar-refractivity contribution in [2.45, 2.75) is 18.0 Å². The fraction of sp³-hybridized carbons (Fsp3) is 0.263. The van der Waals surface area contributed by atoms with Gasteiger partial charge in [0.05, 0.1) is 7.11 Å². The Morgan fingerprint density at radius 1 is 0.900 bits per heavy atom. The van der Waals surface area contributed by atoms with Gasteiger partial charge in [0.15, 0.2) is 0 Å². The van der Waals surface area contributed by atoms with Gasteiger partial charge in [-0.05, 0) is 24.3 Å². The Balaban J connectivity index is 2.44. The summed E-state index contributed by atoms with van der Waals surface area (Å²) in [5.41, 5.74) is -6.66. The van der Waals surface area contributed by atoms with Crippen molar-refractivity contribution < 1.29 is 45.8 Å². The smallest absolute Gasteiger partial charge is 0.430 e. The van der Waals surface area contributed by atoms with Gasteiger partial charge in [0, 0.05) is 16.8 Å². The summed E-state index contributed by atoms with van der Waals surface area (Å²) in [6.07, 6.45) is -12.1. The maximum absolute atomic E-state index is 13.0. The number of carbonyl (C=O) groups excluding carboxylic acids is 2. The van der Waals surface area contributed by atoms with Crippen LogP contribution in [0, 0.1) is 0 Å². The molecule has 0 unspecified atom stereocenters. The number of methoxy groups -OCH3 is 1. The third-order valence-electron chi connectivity index (χ3n) is 4.20. The predicted octanol–water partition coefficient (Wildman–Crippen LogP) is 3.82. The van der Waals surface area contributed by atoms with E-state index in [1.165, 1.54) is 12.1 Å². The van der Waals surface area contributed by atoms with Crippen molar-refractivity contribution in [3.63, 3.8) is 0 Å². The molecule has 0 aliphatic heterocycles. The number of esters is 1. The fourth-order valence-corrected chi connectivity index (χ4v) is 2.58. The minimum absolute atomic E-state index is 0.249. The number of hydrogen-bond acceptors (Lipinski definition) is 4. The van der Waals surface area contributed by atoms with Crippen LogP contribution in [0.15, 0.2) is 54.6 Å². The minimum Gasteiger partial charge on any atom is -0.468 e. The monoisotopic (exact) mass is 435 g/mol. The zero-order chi connectivity index (χ0) is 22.7. The first-order chi connectivity index (χ1) is 13.8. The van der Waals surface area contributed by atoms with E-state index in [-0.39, 0.29) is 11.3 Å². The number of benzene rings is 2. The van der Waals surface area contributed by atoms with Crippen molar-refractivity contribution in [2.24, 2.45) is 0 Å². The third kappa shape index (κ3) is 4.40. The Hall–Kier alpha value is -3.08. The fourth-order valence-electron chi connectivity index (χ4n) is 2.58. The molecule has 2 aromatic rings. The largest absolute Gasteiger partial charge is 0.468 e. The molecule has 30 heavy (non-hydrogen) atoms. The summed E-state index contributed by atoms with van der Waals surface area (Å²) in [5.74, 6) is -1.67. The number of carbonyl (C=O) groups is 2. The van der Waals surface area contributed by atoms with Crippen LogP contribution in [0.4, 0.5) is 32.0 Å². The van der Waals surface area contributed by atoms with Gasteiger partial charge in [0.25, 0.3) is 11.5 Å². The number of hydrogen-bond donors (Lipinski definition) is 1. The number of amides is 1. The lowest BCUT2D eigenvalue weighted by Gasteiger charge is -2.32. The van der Waals surface area contributed by atoms with Crippen LogP contribution in [0.5, 0.6) is 0 Å². The lowest BCUT2D eigenvalue weighted by Crippen LogP contribution is -2.53. The maximum Gasteiger partial charge on any atom is 0.430 e. The Labute approximate surface area is 166 Å². The van der Waals surface area contributed by atoms with Crippen LogP contribution in [0.1, 0.15) is 15.9 Å². The number of alkyl halides is 6. The average Bonchev–Trinajstić information content (AvgIpc) is 2.69. The molecule has 0 bridgehead atoms. The zero-order valence-electron chi connectivity index (χ0n) is 15.3. The zero-order valence-corrected chi connectivity index (χ0v) is 15.3. The van der Waals surface area contributed by atoms with Gasteiger partial charge in [-0.15, -0.1) is 0 Å². The molecule has 0 aliphatic rings. The van der Waals surface area contributed by atoms with Crippen molar-refractivity contribution in [3.05, 3.63) is 65.7 Å². The van der Waals surface area contributed by atoms with Gasteiger partial charge in [0.1, 0.15) is 6.54 Å².